The second-order valence-electron chi connectivity index (χ2n) is 4.57. The van der Waals surface area contributed by atoms with E-state index in [1.54, 1.807) is 24.3 Å². The highest BCUT2D eigenvalue weighted by Crippen LogP contribution is 2.11. The van der Waals surface area contributed by atoms with Gasteiger partial charge in [0.05, 0.1) is 0 Å². The number of phenolic OH excluding ortho intramolecular Hbond substituents is 1. The van der Waals surface area contributed by atoms with Crippen molar-refractivity contribution in [1.82, 2.24) is 0 Å². The number of carbonyl (C=O) groups is 1. The molecule has 4 nitrogen and oxygen atoms in total. The first kappa shape index (κ1) is 14.1. The summed E-state index contributed by atoms with van der Waals surface area (Å²) < 4.78 is 5.17. The van der Waals surface area contributed by atoms with Gasteiger partial charge in [0.25, 0.3) is 0 Å². The molecule has 20 heavy (non-hydrogen) atoms. The Kier molecular flexibility index (Phi) is 4.74. The summed E-state index contributed by atoms with van der Waals surface area (Å²) in [6, 6.07) is 15.4. The summed E-state index contributed by atoms with van der Waals surface area (Å²) in [5, 5.41) is 9.19. The molecule has 0 aliphatic carbocycles. The predicted octanol–water partition coefficient (Wildman–Crippen LogP) is 2.01. The summed E-state index contributed by atoms with van der Waals surface area (Å²) in [5.74, 6) is -0.240. The SMILES string of the molecule is N[C@H](Cc1ccc(O)cc1)C(=O)OCc1ccccc1. The van der Waals surface area contributed by atoms with Gasteiger partial charge in [0.15, 0.2) is 0 Å². The number of aromatic hydroxyl groups is 1. The number of ether oxygens (including phenoxy) is 1. The first-order chi connectivity index (χ1) is 9.65. The van der Waals surface area contributed by atoms with Crippen molar-refractivity contribution in [2.75, 3.05) is 0 Å². The zero-order valence-electron chi connectivity index (χ0n) is 11.0. The average Bonchev–Trinajstić information content (AvgIpc) is 2.48. The Morgan fingerprint density at radius 1 is 1.05 bits per heavy atom. The van der Waals surface area contributed by atoms with Gasteiger partial charge in [-0.3, -0.25) is 4.79 Å². The number of phenols is 1. The summed E-state index contributed by atoms with van der Waals surface area (Å²) in [6.07, 6.45) is 0.383. The number of hydrogen-bond donors (Lipinski definition) is 2. The largest absolute Gasteiger partial charge is 0.508 e. The summed E-state index contributed by atoms with van der Waals surface area (Å²) in [4.78, 5) is 11.8. The number of rotatable bonds is 5. The molecule has 1 atom stereocenters. The molecule has 0 aromatic heterocycles. The molecule has 2 aromatic carbocycles. The molecule has 0 amide bonds. The van der Waals surface area contributed by atoms with Crippen molar-refractivity contribution in [1.29, 1.82) is 0 Å². The van der Waals surface area contributed by atoms with Crippen molar-refractivity contribution in [2.24, 2.45) is 5.73 Å². The Bertz CT molecular complexity index is 552. The minimum atomic E-state index is -0.705. The maximum atomic E-state index is 11.8. The number of carbonyl (C=O) groups excluding carboxylic acids is 1. The van der Waals surface area contributed by atoms with E-state index in [0.717, 1.165) is 11.1 Å². The molecule has 3 N–H and O–H groups in total. The molecular formula is C16H17NO3. The molecule has 0 fully saturated rings. The van der Waals surface area contributed by atoms with Crippen LogP contribution in [0.2, 0.25) is 0 Å². The summed E-state index contributed by atoms with van der Waals surface area (Å²) >= 11 is 0. The van der Waals surface area contributed by atoms with Gasteiger partial charge in [-0.1, -0.05) is 42.5 Å². The first-order valence-corrected chi connectivity index (χ1v) is 6.39. The van der Waals surface area contributed by atoms with Gasteiger partial charge in [-0.15, -0.1) is 0 Å². The van der Waals surface area contributed by atoms with Crippen LogP contribution < -0.4 is 5.73 Å². The topological polar surface area (TPSA) is 72.5 Å². The van der Waals surface area contributed by atoms with E-state index in [9.17, 15) is 9.90 Å². The molecule has 104 valence electrons. The van der Waals surface area contributed by atoms with Crippen molar-refractivity contribution in [3.63, 3.8) is 0 Å². The quantitative estimate of drug-likeness (QED) is 0.816. The van der Waals surface area contributed by atoms with E-state index >= 15 is 0 Å². The van der Waals surface area contributed by atoms with E-state index in [0.29, 0.717) is 6.42 Å². The van der Waals surface area contributed by atoms with Crippen LogP contribution >= 0.6 is 0 Å². The third-order valence-corrected chi connectivity index (χ3v) is 2.92. The average molecular weight is 271 g/mol. The van der Waals surface area contributed by atoms with Crippen LogP contribution in [-0.2, 0) is 22.6 Å². The van der Waals surface area contributed by atoms with E-state index in [1.807, 2.05) is 30.3 Å². The third-order valence-electron chi connectivity index (χ3n) is 2.92. The maximum absolute atomic E-state index is 11.8. The molecular weight excluding hydrogens is 254 g/mol. The van der Waals surface area contributed by atoms with Gasteiger partial charge in [0.1, 0.15) is 18.4 Å². The minimum absolute atomic E-state index is 0.189. The Labute approximate surface area is 117 Å². The summed E-state index contributed by atoms with van der Waals surface area (Å²) in [5.41, 5.74) is 7.62. The monoisotopic (exact) mass is 271 g/mol. The molecule has 0 saturated heterocycles. The molecule has 0 saturated carbocycles. The zero-order valence-corrected chi connectivity index (χ0v) is 11.0. The van der Waals surface area contributed by atoms with E-state index in [-0.39, 0.29) is 12.4 Å². The maximum Gasteiger partial charge on any atom is 0.323 e. The van der Waals surface area contributed by atoms with E-state index in [2.05, 4.69) is 0 Å². The highest BCUT2D eigenvalue weighted by molar-refractivity contribution is 5.75. The fourth-order valence-corrected chi connectivity index (χ4v) is 1.81. The Morgan fingerprint density at radius 2 is 1.70 bits per heavy atom. The molecule has 0 spiro atoms. The molecule has 0 unspecified atom stereocenters. The van der Waals surface area contributed by atoms with Gasteiger partial charge < -0.3 is 15.6 Å². The summed E-state index contributed by atoms with van der Waals surface area (Å²) in [7, 11) is 0. The van der Waals surface area contributed by atoms with Crippen molar-refractivity contribution in [3.8, 4) is 5.75 Å². The number of benzene rings is 2. The molecule has 0 heterocycles. The van der Waals surface area contributed by atoms with Gasteiger partial charge in [-0.2, -0.15) is 0 Å². The number of esters is 1. The van der Waals surface area contributed by atoms with Crippen LogP contribution in [0.3, 0.4) is 0 Å². The first-order valence-electron chi connectivity index (χ1n) is 6.39. The lowest BCUT2D eigenvalue weighted by Crippen LogP contribution is -2.34. The Morgan fingerprint density at radius 3 is 2.35 bits per heavy atom. The van der Waals surface area contributed by atoms with Crippen LogP contribution in [0, 0.1) is 0 Å². The molecule has 0 aliphatic rings. The predicted molar refractivity (Wildman–Crippen MR) is 76.0 cm³/mol. The lowest BCUT2D eigenvalue weighted by Gasteiger charge is -2.11. The van der Waals surface area contributed by atoms with Crippen LogP contribution in [0.1, 0.15) is 11.1 Å². The van der Waals surface area contributed by atoms with Crippen molar-refractivity contribution in [2.45, 2.75) is 19.1 Å². The van der Waals surface area contributed by atoms with Gasteiger partial charge in [-0.25, -0.2) is 0 Å². The molecule has 0 bridgehead atoms. The molecule has 4 heteroatoms. The molecule has 0 radical (unpaired) electrons. The minimum Gasteiger partial charge on any atom is -0.508 e. The lowest BCUT2D eigenvalue weighted by molar-refractivity contribution is -0.146. The Balaban J connectivity index is 1.84. The van der Waals surface area contributed by atoms with Crippen molar-refractivity contribution in [3.05, 3.63) is 65.7 Å². The van der Waals surface area contributed by atoms with E-state index in [1.165, 1.54) is 0 Å². The normalized spacial score (nSPS) is 11.8. The second-order valence-corrected chi connectivity index (χ2v) is 4.57. The van der Waals surface area contributed by atoms with Crippen molar-refractivity contribution < 1.29 is 14.6 Å². The third kappa shape index (κ3) is 4.10. The highest BCUT2D eigenvalue weighted by atomic mass is 16.5. The van der Waals surface area contributed by atoms with E-state index in [4.69, 9.17) is 10.5 Å². The lowest BCUT2D eigenvalue weighted by atomic mass is 10.1. The van der Waals surface area contributed by atoms with Crippen molar-refractivity contribution >= 4 is 5.97 Å². The van der Waals surface area contributed by atoms with Crippen LogP contribution in [0.5, 0.6) is 5.75 Å². The van der Waals surface area contributed by atoms with Gasteiger partial charge in [0.2, 0.25) is 0 Å². The molecule has 0 aliphatic heterocycles. The zero-order chi connectivity index (χ0) is 14.4. The number of nitrogens with two attached hydrogens (primary N) is 1. The van der Waals surface area contributed by atoms with Crippen LogP contribution in [0.4, 0.5) is 0 Å². The van der Waals surface area contributed by atoms with Crippen LogP contribution in [0.15, 0.2) is 54.6 Å². The second kappa shape index (κ2) is 6.73. The fraction of sp³-hybridized carbons (Fsp3) is 0.188. The molecule has 2 rings (SSSR count). The van der Waals surface area contributed by atoms with Gasteiger partial charge in [0, 0.05) is 0 Å². The summed E-state index contributed by atoms with van der Waals surface area (Å²) in [6.45, 7) is 0.225. The van der Waals surface area contributed by atoms with E-state index < -0.39 is 12.0 Å². The van der Waals surface area contributed by atoms with Crippen LogP contribution in [0.25, 0.3) is 0 Å². The fourth-order valence-electron chi connectivity index (χ4n) is 1.81. The highest BCUT2D eigenvalue weighted by Gasteiger charge is 2.15. The van der Waals surface area contributed by atoms with Crippen LogP contribution in [-0.4, -0.2) is 17.1 Å². The Hall–Kier alpha value is -2.33. The standard InChI is InChI=1S/C16H17NO3/c17-15(10-12-6-8-14(18)9-7-12)16(19)20-11-13-4-2-1-3-5-13/h1-9,15,18H,10-11,17H2/t15-/m1/s1. The van der Waals surface area contributed by atoms with Gasteiger partial charge >= 0.3 is 5.97 Å². The number of hydrogen-bond acceptors (Lipinski definition) is 4. The molecule has 2 aromatic rings. The van der Waals surface area contributed by atoms with Gasteiger partial charge in [-0.05, 0) is 29.7 Å². The smallest absolute Gasteiger partial charge is 0.323 e.